The van der Waals surface area contributed by atoms with E-state index >= 15 is 0 Å². The van der Waals surface area contributed by atoms with Crippen LogP contribution in [0.1, 0.15) is 30.9 Å². The van der Waals surface area contributed by atoms with E-state index in [0.29, 0.717) is 19.6 Å². The van der Waals surface area contributed by atoms with Crippen molar-refractivity contribution in [1.82, 2.24) is 4.90 Å². The van der Waals surface area contributed by atoms with E-state index in [1.807, 2.05) is 60.7 Å². The Hall–Kier alpha value is -3.32. The third-order valence-corrected chi connectivity index (χ3v) is 8.35. The van der Waals surface area contributed by atoms with E-state index in [2.05, 4.69) is 6.92 Å². The summed E-state index contributed by atoms with van der Waals surface area (Å²) in [7, 11) is -3.14. The summed E-state index contributed by atoms with van der Waals surface area (Å²) >= 11 is 0. The summed E-state index contributed by atoms with van der Waals surface area (Å²) in [5.41, 5.74) is 2.49. The molecule has 182 valence electrons. The average Bonchev–Trinajstić information content (AvgIpc) is 3.44. The standard InChI is InChI=1S/C28H29NO5S/c1-2-14-33-24-10-7-20(8-11-24)17-29(23-13-15-35(31,32)19-23)27(30)16-22-18-34-26-12-9-21-5-3-4-6-25(21)28(22)26/h3-12,18,23H,2,13-17,19H2,1H3. The van der Waals surface area contributed by atoms with Crippen LogP contribution in [0.15, 0.2) is 71.3 Å². The Morgan fingerprint density at radius 2 is 1.89 bits per heavy atom. The van der Waals surface area contributed by atoms with Crippen LogP contribution in [0.25, 0.3) is 21.7 Å². The molecule has 1 amide bonds. The molecule has 5 rings (SSSR count). The van der Waals surface area contributed by atoms with Crippen LogP contribution in [0.5, 0.6) is 5.75 Å². The number of hydrogen-bond acceptors (Lipinski definition) is 5. The Morgan fingerprint density at radius 3 is 2.63 bits per heavy atom. The van der Waals surface area contributed by atoms with E-state index in [1.165, 1.54) is 0 Å². The van der Waals surface area contributed by atoms with Gasteiger partial charge in [0.1, 0.15) is 11.3 Å². The molecule has 35 heavy (non-hydrogen) atoms. The van der Waals surface area contributed by atoms with E-state index in [0.717, 1.165) is 45.0 Å². The van der Waals surface area contributed by atoms with Gasteiger partial charge in [-0.25, -0.2) is 8.42 Å². The number of hydrogen-bond donors (Lipinski definition) is 0. The lowest BCUT2D eigenvalue weighted by atomic mass is 10.0. The molecule has 0 radical (unpaired) electrons. The molecule has 2 heterocycles. The quantitative estimate of drug-likeness (QED) is 0.341. The summed E-state index contributed by atoms with van der Waals surface area (Å²) < 4.78 is 35.9. The summed E-state index contributed by atoms with van der Waals surface area (Å²) in [6.07, 6.45) is 3.19. The maximum atomic E-state index is 13.7. The van der Waals surface area contributed by atoms with Gasteiger partial charge in [-0.3, -0.25) is 4.79 Å². The number of furan rings is 1. The van der Waals surface area contributed by atoms with Crippen molar-refractivity contribution >= 4 is 37.5 Å². The monoisotopic (exact) mass is 491 g/mol. The van der Waals surface area contributed by atoms with Crippen molar-refractivity contribution in [3.8, 4) is 5.75 Å². The molecule has 1 fully saturated rings. The van der Waals surface area contributed by atoms with Crippen LogP contribution in [0.3, 0.4) is 0 Å². The first-order valence-corrected chi connectivity index (χ1v) is 13.8. The minimum absolute atomic E-state index is 0.00546. The van der Waals surface area contributed by atoms with Gasteiger partial charge < -0.3 is 14.1 Å². The van der Waals surface area contributed by atoms with Crippen LogP contribution in [0.2, 0.25) is 0 Å². The molecular weight excluding hydrogens is 462 g/mol. The molecule has 1 unspecified atom stereocenters. The van der Waals surface area contributed by atoms with Crippen LogP contribution < -0.4 is 4.74 Å². The number of sulfone groups is 1. The van der Waals surface area contributed by atoms with Gasteiger partial charge in [0.15, 0.2) is 9.84 Å². The van der Waals surface area contributed by atoms with Gasteiger partial charge in [0.05, 0.1) is 30.8 Å². The molecule has 6 nitrogen and oxygen atoms in total. The second kappa shape index (κ2) is 9.74. The average molecular weight is 492 g/mol. The lowest BCUT2D eigenvalue weighted by Crippen LogP contribution is -2.41. The maximum absolute atomic E-state index is 13.7. The van der Waals surface area contributed by atoms with Gasteiger partial charge in [0.25, 0.3) is 0 Å². The number of fused-ring (bicyclic) bond motifs is 3. The second-order valence-electron chi connectivity index (χ2n) is 9.17. The second-order valence-corrected chi connectivity index (χ2v) is 11.4. The van der Waals surface area contributed by atoms with Gasteiger partial charge in [0, 0.05) is 23.5 Å². The third-order valence-electron chi connectivity index (χ3n) is 6.60. The van der Waals surface area contributed by atoms with E-state index in [1.54, 1.807) is 11.2 Å². The molecule has 1 saturated heterocycles. The Kier molecular flexibility index (Phi) is 6.52. The Bertz CT molecular complexity index is 1460. The Labute approximate surface area is 205 Å². The van der Waals surface area contributed by atoms with Crippen LogP contribution in [-0.4, -0.2) is 43.4 Å². The minimum atomic E-state index is -3.14. The first-order chi connectivity index (χ1) is 16.9. The summed E-state index contributed by atoms with van der Waals surface area (Å²) in [4.78, 5) is 15.4. The molecule has 0 spiro atoms. The topological polar surface area (TPSA) is 76.8 Å². The summed E-state index contributed by atoms with van der Waals surface area (Å²) in [6.45, 7) is 3.06. The molecule has 1 aromatic heterocycles. The van der Waals surface area contributed by atoms with Gasteiger partial charge >= 0.3 is 0 Å². The first-order valence-electron chi connectivity index (χ1n) is 12.0. The molecule has 1 atom stereocenters. The fraction of sp³-hybridized carbons (Fsp3) is 0.321. The molecule has 0 aliphatic carbocycles. The minimum Gasteiger partial charge on any atom is -0.494 e. The van der Waals surface area contributed by atoms with Gasteiger partial charge in [-0.2, -0.15) is 0 Å². The van der Waals surface area contributed by atoms with Crippen molar-refractivity contribution in [3.05, 3.63) is 78.1 Å². The zero-order chi connectivity index (χ0) is 24.4. The van der Waals surface area contributed by atoms with Crippen molar-refractivity contribution in [1.29, 1.82) is 0 Å². The highest BCUT2D eigenvalue weighted by molar-refractivity contribution is 7.91. The molecule has 7 heteroatoms. The number of amides is 1. The first kappa shape index (κ1) is 23.4. The van der Waals surface area contributed by atoms with Crippen LogP contribution in [0, 0.1) is 0 Å². The van der Waals surface area contributed by atoms with Crippen molar-refractivity contribution in [3.63, 3.8) is 0 Å². The van der Waals surface area contributed by atoms with Gasteiger partial charge in [0.2, 0.25) is 5.91 Å². The van der Waals surface area contributed by atoms with Crippen molar-refractivity contribution in [2.75, 3.05) is 18.1 Å². The highest BCUT2D eigenvalue weighted by Gasteiger charge is 2.35. The number of carbonyl (C=O) groups is 1. The fourth-order valence-electron chi connectivity index (χ4n) is 4.82. The molecule has 3 aromatic carbocycles. The van der Waals surface area contributed by atoms with Crippen LogP contribution in [-0.2, 0) is 27.6 Å². The van der Waals surface area contributed by atoms with Crippen LogP contribution in [0.4, 0.5) is 0 Å². The summed E-state index contributed by atoms with van der Waals surface area (Å²) in [5.74, 6) is 0.804. The fourth-order valence-corrected chi connectivity index (χ4v) is 6.55. The lowest BCUT2D eigenvalue weighted by molar-refractivity contribution is -0.133. The predicted molar refractivity (Wildman–Crippen MR) is 137 cm³/mol. The van der Waals surface area contributed by atoms with E-state index in [9.17, 15) is 13.2 Å². The number of benzene rings is 3. The number of carbonyl (C=O) groups excluding carboxylic acids is 1. The molecule has 1 aliphatic rings. The van der Waals surface area contributed by atoms with Crippen molar-refractivity contribution in [2.45, 2.75) is 38.8 Å². The number of rotatable bonds is 8. The molecule has 1 aliphatic heterocycles. The Balaban J connectivity index is 1.43. The molecule has 0 N–H and O–H groups in total. The molecule has 0 bridgehead atoms. The van der Waals surface area contributed by atoms with E-state index in [4.69, 9.17) is 9.15 Å². The lowest BCUT2D eigenvalue weighted by Gasteiger charge is -2.28. The van der Waals surface area contributed by atoms with Gasteiger partial charge in [-0.1, -0.05) is 49.4 Å². The van der Waals surface area contributed by atoms with E-state index in [-0.39, 0.29) is 29.9 Å². The normalized spacial score (nSPS) is 17.1. The summed E-state index contributed by atoms with van der Waals surface area (Å²) in [6, 6.07) is 19.3. The Morgan fingerprint density at radius 1 is 1.09 bits per heavy atom. The smallest absolute Gasteiger partial charge is 0.227 e. The summed E-state index contributed by atoms with van der Waals surface area (Å²) in [5, 5.41) is 3.06. The van der Waals surface area contributed by atoms with E-state index < -0.39 is 9.84 Å². The molecular formula is C28H29NO5S. The SMILES string of the molecule is CCCOc1ccc(CN(C(=O)Cc2coc3ccc4ccccc4c23)C2CCS(=O)(=O)C2)cc1. The largest absolute Gasteiger partial charge is 0.494 e. The predicted octanol–water partition coefficient (Wildman–Crippen LogP) is 5.13. The molecule has 0 saturated carbocycles. The number of nitrogens with zero attached hydrogens (tertiary/aromatic N) is 1. The third kappa shape index (κ3) is 5.05. The highest BCUT2D eigenvalue weighted by Crippen LogP contribution is 2.31. The zero-order valence-electron chi connectivity index (χ0n) is 19.8. The molecule has 4 aromatic rings. The van der Waals surface area contributed by atoms with Gasteiger partial charge in [-0.15, -0.1) is 0 Å². The number of ether oxygens (including phenoxy) is 1. The zero-order valence-corrected chi connectivity index (χ0v) is 20.6. The van der Waals surface area contributed by atoms with Crippen molar-refractivity contribution in [2.24, 2.45) is 0 Å². The maximum Gasteiger partial charge on any atom is 0.227 e. The van der Waals surface area contributed by atoms with Gasteiger partial charge in [-0.05, 0) is 47.4 Å². The van der Waals surface area contributed by atoms with Crippen LogP contribution >= 0.6 is 0 Å². The van der Waals surface area contributed by atoms with Crippen molar-refractivity contribution < 1.29 is 22.4 Å². The highest BCUT2D eigenvalue weighted by atomic mass is 32.2.